The highest BCUT2D eigenvalue weighted by Gasteiger charge is 2.16. The molecule has 1 aliphatic rings. The molecule has 110 valence electrons. The van der Waals surface area contributed by atoms with Gasteiger partial charge in [0.15, 0.2) is 0 Å². The monoisotopic (exact) mass is 294 g/mol. The molecule has 0 aliphatic carbocycles. The van der Waals surface area contributed by atoms with E-state index in [4.69, 9.17) is 4.74 Å². The molecule has 0 aromatic heterocycles. The maximum Gasteiger partial charge on any atom is 0.233 e. The van der Waals surface area contributed by atoms with Gasteiger partial charge in [-0.1, -0.05) is 0 Å². The maximum atomic E-state index is 12.1. The van der Waals surface area contributed by atoms with Crippen LogP contribution in [-0.4, -0.2) is 49.8 Å². The Morgan fingerprint density at radius 1 is 1.30 bits per heavy atom. The Bertz CT molecular complexity index is 485. The summed E-state index contributed by atoms with van der Waals surface area (Å²) in [5, 5.41) is 3.26. The number of carbonyl (C=O) groups is 1. The lowest BCUT2D eigenvalue weighted by molar-refractivity contribution is -0.128. The second-order valence-electron chi connectivity index (χ2n) is 5.01. The average Bonchev–Trinajstić information content (AvgIpc) is 2.48. The van der Waals surface area contributed by atoms with Gasteiger partial charge in [-0.25, -0.2) is 0 Å². The number of methoxy groups -OCH3 is 1. The van der Waals surface area contributed by atoms with Crippen molar-refractivity contribution in [3.63, 3.8) is 0 Å². The number of aryl methyl sites for hydroxylation is 2. The van der Waals surface area contributed by atoms with Crippen molar-refractivity contribution >= 4 is 17.7 Å². The van der Waals surface area contributed by atoms with Crippen LogP contribution in [0.25, 0.3) is 0 Å². The van der Waals surface area contributed by atoms with E-state index in [9.17, 15) is 4.79 Å². The molecule has 1 heterocycles. The minimum atomic E-state index is 0.226. The molecule has 0 bridgehead atoms. The predicted molar refractivity (Wildman–Crippen MR) is 82.6 cm³/mol. The zero-order chi connectivity index (χ0) is 14.5. The van der Waals surface area contributed by atoms with Crippen LogP contribution in [0.1, 0.15) is 11.1 Å². The van der Waals surface area contributed by atoms with E-state index in [2.05, 4.69) is 18.3 Å². The van der Waals surface area contributed by atoms with Crippen LogP contribution < -0.4 is 10.1 Å². The van der Waals surface area contributed by atoms with Crippen molar-refractivity contribution in [3.8, 4) is 5.75 Å². The lowest BCUT2D eigenvalue weighted by atomic mass is 10.1. The van der Waals surface area contributed by atoms with E-state index < -0.39 is 0 Å². The van der Waals surface area contributed by atoms with Crippen molar-refractivity contribution in [2.75, 3.05) is 39.0 Å². The first-order valence-corrected chi connectivity index (χ1v) is 7.87. The van der Waals surface area contributed by atoms with E-state index >= 15 is 0 Å². The zero-order valence-electron chi connectivity index (χ0n) is 12.4. The van der Waals surface area contributed by atoms with Crippen molar-refractivity contribution < 1.29 is 9.53 Å². The van der Waals surface area contributed by atoms with Crippen LogP contribution in [0.3, 0.4) is 0 Å². The fourth-order valence-corrected chi connectivity index (χ4v) is 3.29. The quantitative estimate of drug-likeness (QED) is 0.860. The first kappa shape index (κ1) is 15.2. The van der Waals surface area contributed by atoms with Crippen LogP contribution in [-0.2, 0) is 4.79 Å². The van der Waals surface area contributed by atoms with E-state index in [1.54, 1.807) is 18.9 Å². The van der Waals surface area contributed by atoms with Crippen molar-refractivity contribution in [2.45, 2.75) is 18.7 Å². The van der Waals surface area contributed by atoms with Gasteiger partial charge in [0.2, 0.25) is 5.91 Å². The Morgan fingerprint density at radius 2 is 2.00 bits per heavy atom. The molecule has 1 saturated heterocycles. The van der Waals surface area contributed by atoms with Crippen molar-refractivity contribution in [2.24, 2.45) is 0 Å². The third-order valence-electron chi connectivity index (χ3n) is 3.51. The summed E-state index contributed by atoms with van der Waals surface area (Å²) in [4.78, 5) is 15.2. The number of thioether (sulfide) groups is 1. The Labute approximate surface area is 124 Å². The van der Waals surface area contributed by atoms with Gasteiger partial charge in [-0.3, -0.25) is 4.79 Å². The molecule has 0 saturated carbocycles. The second kappa shape index (κ2) is 6.99. The fourth-order valence-electron chi connectivity index (χ4n) is 2.28. The molecule has 5 heteroatoms. The van der Waals surface area contributed by atoms with Crippen LogP contribution in [0.5, 0.6) is 5.75 Å². The smallest absolute Gasteiger partial charge is 0.233 e. The summed E-state index contributed by atoms with van der Waals surface area (Å²) < 4.78 is 5.31. The van der Waals surface area contributed by atoms with Gasteiger partial charge in [-0.2, -0.15) is 0 Å². The van der Waals surface area contributed by atoms with E-state index in [1.165, 1.54) is 0 Å². The van der Waals surface area contributed by atoms with E-state index in [1.807, 2.05) is 17.9 Å². The summed E-state index contributed by atoms with van der Waals surface area (Å²) >= 11 is 1.61. The molecular weight excluding hydrogens is 272 g/mol. The number of amides is 1. The van der Waals surface area contributed by atoms with Crippen LogP contribution in [0.2, 0.25) is 0 Å². The number of hydrogen-bond acceptors (Lipinski definition) is 4. The van der Waals surface area contributed by atoms with E-state index in [-0.39, 0.29) is 5.91 Å². The Balaban J connectivity index is 1.96. The highest BCUT2D eigenvalue weighted by molar-refractivity contribution is 8.00. The number of nitrogens with zero attached hydrogens (tertiary/aromatic N) is 1. The molecule has 1 N–H and O–H groups in total. The molecule has 2 rings (SSSR count). The van der Waals surface area contributed by atoms with Gasteiger partial charge in [0.25, 0.3) is 0 Å². The number of ether oxygens (including phenoxy) is 1. The van der Waals surface area contributed by atoms with Crippen molar-refractivity contribution in [1.29, 1.82) is 0 Å². The Morgan fingerprint density at radius 3 is 2.65 bits per heavy atom. The van der Waals surface area contributed by atoms with Crippen LogP contribution in [0.4, 0.5) is 0 Å². The van der Waals surface area contributed by atoms with Crippen LogP contribution in [0.15, 0.2) is 17.0 Å². The molecular formula is C15H22N2O2S. The molecule has 1 aromatic carbocycles. The molecule has 0 atom stereocenters. The maximum absolute atomic E-state index is 12.1. The average molecular weight is 294 g/mol. The summed E-state index contributed by atoms with van der Waals surface area (Å²) in [7, 11) is 1.68. The lowest BCUT2D eigenvalue weighted by Gasteiger charge is -2.27. The van der Waals surface area contributed by atoms with E-state index in [0.717, 1.165) is 48.0 Å². The van der Waals surface area contributed by atoms with Crippen molar-refractivity contribution in [3.05, 3.63) is 23.3 Å². The van der Waals surface area contributed by atoms with Gasteiger partial charge < -0.3 is 15.0 Å². The molecule has 20 heavy (non-hydrogen) atoms. The summed E-state index contributed by atoms with van der Waals surface area (Å²) in [6.07, 6.45) is 0. The molecule has 0 unspecified atom stereocenters. The number of hydrogen-bond donors (Lipinski definition) is 1. The number of rotatable bonds is 4. The fraction of sp³-hybridized carbons (Fsp3) is 0.533. The van der Waals surface area contributed by atoms with Gasteiger partial charge in [0, 0.05) is 31.1 Å². The number of nitrogens with one attached hydrogen (secondary N) is 1. The SMILES string of the molecule is COc1cc(C)c(SCC(=O)N2CCNCC2)cc1C. The van der Waals surface area contributed by atoms with Gasteiger partial charge in [0.05, 0.1) is 12.9 Å². The summed E-state index contributed by atoms with van der Waals surface area (Å²) in [6, 6.07) is 4.14. The third-order valence-corrected chi connectivity index (χ3v) is 4.66. The van der Waals surface area contributed by atoms with Gasteiger partial charge in [0.1, 0.15) is 5.75 Å². The lowest BCUT2D eigenvalue weighted by Crippen LogP contribution is -2.47. The Kier molecular flexibility index (Phi) is 5.31. The molecule has 0 spiro atoms. The van der Waals surface area contributed by atoms with E-state index in [0.29, 0.717) is 5.75 Å². The summed E-state index contributed by atoms with van der Waals surface area (Å²) in [6.45, 7) is 7.52. The Hall–Kier alpha value is -1.20. The molecule has 1 aliphatic heterocycles. The molecule has 0 radical (unpaired) electrons. The zero-order valence-corrected chi connectivity index (χ0v) is 13.2. The number of benzene rings is 1. The topological polar surface area (TPSA) is 41.6 Å². The van der Waals surface area contributed by atoms with Crippen LogP contribution >= 0.6 is 11.8 Å². The number of carbonyl (C=O) groups excluding carboxylic acids is 1. The third kappa shape index (κ3) is 3.67. The standard InChI is InChI=1S/C15H22N2O2S/c1-11-9-14(12(2)8-13(11)19-3)20-10-15(18)17-6-4-16-5-7-17/h8-9,16H,4-7,10H2,1-3H3. The first-order chi connectivity index (χ1) is 9.61. The van der Waals surface area contributed by atoms with Crippen LogP contribution in [0, 0.1) is 13.8 Å². The first-order valence-electron chi connectivity index (χ1n) is 6.88. The minimum absolute atomic E-state index is 0.226. The minimum Gasteiger partial charge on any atom is -0.496 e. The van der Waals surface area contributed by atoms with Gasteiger partial charge in [-0.05, 0) is 37.1 Å². The number of piperazine rings is 1. The molecule has 4 nitrogen and oxygen atoms in total. The summed E-state index contributed by atoms with van der Waals surface area (Å²) in [5.41, 5.74) is 2.26. The molecule has 1 aromatic rings. The van der Waals surface area contributed by atoms with Crippen molar-refractivity contribution in [1.82, 2.24) is 10.2 Å². The van der Waals surface area contributed by atoms with Gasteiger partial charge >= 0.3 is 0 Å². The molecule has 1 fully saturated rings. The normalized spacial score (nSPS) is 15.2. The highest BCUT2D eigenvalue weighted by Crippen LogP contribution is 2.29. The van der Waals surface area contributed by atoms with Gasteiger partial charge in [-0.15, -0.1) is 11.8 Å². The second-order valence-corrected chi connectivity index (χ2v) is 6.02. The molecule has 1 amide bonds. The largest absolute Gasteiger partial charge is 0.496 e. The summed E-state index contributed by atoms with van der Waals surface area (Å²) in [5.74, 6) is 1.64. The predicted octanol–water partition coefficient (Wildman–Crippen LogP) is 1.84. The highest BCUT2D eigenvalue weighted by atomic mass is 32.2.